The highest BCUT2D eigenvalue weighted by molar-refractivity contribution is 5.94. The van der Waals surface area contributed by atoms with E-state index in [0.717, 1.165) is 29.8 Å². The molecule has 1 heterocycles. The van der Waals surface area contributed by atoms with Crippen molar-refractivity contribution in [1.82, 2.24) is 15.5 Å². The van der Waals surface area contributed by atoms with Crippen molar-refractivity contribution < 1.29 is 27.2 Å². The Morgan fingerprint density at radius 1 is 1.18 bits per heavy atom. The molecule has 0 radical (unpaired) electrons. The number of benzene rings is 2. The van der Waals surface area contributed by atoms with Crippen molar-refractivity contribution in [1.29, 1.82) is 0 Å². The van der Waals surface area contributed by atoms with Crippen LogP contribution in [0, 0.1) is 0 Å². The van der Waals surface area contributed by atoms with Crippen LogP contribution in [0.2, 0.25) is 0 Å². The second kappa shape index (κ2) is 8.12. The number of nitrogens with zero attached hydrogens (tertiary/aromatic N) is 2. The first-order valence-corrected chi connectivity index (χ1v) is 8.29. The van der Waals surface area contributed by atoms with Crippen LogP contribution in [-0.4, -0.2) is 29.7 Å². The predicted octanol–water partition coefficient (Wildman–Crippen LogP) is 3.74. The molecule has 146 valence electrons. The van der Waals surface area contributed by atoms with Crippen molar-refractivity contribution in [3.8, 4) is 17.1 Å². The normalized spacial score (nSPS) is 11.3. The topological polar surface area (TPSA) is 77.3 Å². The Morgan fingerprint density at radius 2 is 1.93 bits per heavy atom. The van der Waals surface area contributed by atoms with Gasteiger partial charge in [-0.2, -0.15) is 18.2 Å². The number of alkyl halides is 3. The molecular formula is C19H16F3N3O3. The molecule has 0 atom stereocenters. The minimum absolute atomic E-state index is 0.135. The van der Waals surface area contributed by atoms with E-state index in [9.17, 15) is 18.0 Å². The van der Waals surface area contributed by atoms with Gasteiger partial charge in [0.2, 0.25) is 11.7 Å². The maximum absolute atomic E-state index is 12.5. The molecule has 2 aromatic carbocycles. The van der Waals surface area contributed by atoms with Crippen molar-refractivity contribution >= 4 is 5.91 Å². The monoisotopic (exact) mass is 391 g/mol. The maximum atomic E-state index is 12.5. The largest absolute Gasteiger partial charge is 0.497 e. The Hall–Kier alpha value is -3.36. The van der Waals surface area contributed by atoms with Crippen molar-refractivity contribution in [2.45, 2.75) is 12.6 Å². The number of amides is 1. The van der Waals surface area contributed by atoms with E-state index in [4.69, 9.17) is 9.26 Å². The molecule has 0 spiro atoms. The molecule has 0 aliphatic carbocycles. The molecule has 3 aromatic rings. The number of methoxy groups -OCH3 is 1. The first kappa shape index (κ1) is 19.4. The molecule has 0 saturated carbocycles. The Bertz CT molecular complexity index is 953. The van der Waals surface area contributed by atoms with E-state index in [0.29, 0.717) is 17.5 Å². The SMILES string of the molecule is COc1cccc(-c2noc(CCNC(=O)c3ccc(C(F)(F)F)cc3)n2)c1. The third-order valence-electron chi connectivity index (χ3n) is 3.89. The summed E-state index contributed by atoms with van der Waals surface area (Å²) in [5.74, 6) is 0.891. The number of hydrogen-bond donors (Lipinski definition) is 1. The number of aromatic nitrogens is 2. The second-order valence-corrected chi connectivity index (χ2v) is 5.82. The lowest BCUT2D eigenvalue weighted by Crippen LogP contribution is -2.25. The van der Waals surface area contributed by atoms with E-state index in [1.165, 1.54) is 0 Å². The first-order valence-electron chi connectivity index (χ1n) is 8.29. The summed E-state index contributed by atoms with van der Waals surface area (Å²) in [6.45, 7) is 0.194. The van der Waals surface area contributed by atoms with E-state index < -0.39 is 17.6 Å². The van der Waals surface area contributed by atoms with Gasteiger partial charge < -0.3 is 14.6 Å². The van der Waals surface area contributed by atoms with E-state index in [-0.39, 0.29) is 18.5 Å². The molecule has 0 aliphatic rings. The summed E-state index contributed by atoms with van der Waals surface area (Å²) in [5, 5.41) is 6.49. The quantitative estimate of drug-likeness (QED) is 0.693. The van der Waals surface area contributed by atoms with E-state index in [2.05, 4.69) is 15.5 Å². The third kappa shape index (κ3) is 4.67. The van der Waals surface area contributed by atoms with Gasteiger partial charge in [-0.05, 0) is 36.4 Å². The lowest BCUT2D eigenvalue weighted by molar-refractivity contribution is -0.137. The Morgan fingerprint density at radius 3 is 2.61 bits per heavy atom. The summed E-state index contributed by atoms with van der Waals surface area (Å²) in [6, 6.07) is 11.2. The summed E-state index contributed by atoms with van der Waals surface area (Å²) in [6.07, 6.45) is -4.16. The highest BCUT2D eigenvalue weighted by Gasteiger charge is 2.30. The highest BCUT2D eigenvalue weighted by Crippen LogP contribution is 2.29. The summed E-state index contributed by atoms with van der Waals surface area (Å²) in [5.41, 5.74) is 0.0544. The van der Waals surface area contributed by atoms with E-state index in [1.807, 2.05) is 6.07 Å². The van der Waals surface area contributed by atoms with Crippen molar-refractivity contribution in [2.24, 2.45) is 0 Å². The summed E-state index contributed by atoms with van der Waals surface area (Å²) >= 11 is 0. The van der Waals surface area contributed by atoms with Gasteiger partial charge in [-0.15, -0.1) is 0 Å². The summed E-state index contributed by atoms with van der Waals surface area (Å²) < 4.78 is 47.9. The van der Waals surface area contributed by atoms with Crippen LogP contribution >= 0.6 is 0 Å². The molecule has 1 aromatic heterocycles. The Balaban J connectivity index is 1.55. The van der Waals surface area contributed by atoms with Gasteiger partial charge in [-0.3, -0.25) is 4.79 Å². The fraction of sp³-hybridized carbons (Fsp3) is 0.211. The van der Waals surface area contributed by atoms with Gasteiger partial charge in [0.15, 0.2) is 0 Å². The lowest BCUT2D eigenvalue weighted by Gasteiger charge is -2.07. The van der Waals surface area contributed by atoms with Gasteiger partial charge in [0.1, 0.15) is 5.75 Å². The average molecular weight is 391 g/mol. The molecule has 0 bridgehead atoms. The zero-order valence-corrected chi connectivity index (χ0v) is 14.8. The van der Waals surface area contributed by atoms with Crippen LogP contribution < -0.4 is 10.1 Å². The number of hydrogen-bond acceptors (Lipinski definition) is 5. The zero-order chi connectivity index (χ0) is 20.1. The van der Waals surface area contributed by atoms with Crippen LogP contribution in [0.3, 0.4) is 0 Å². The van der Waals surface area contributed by atoms with Crippen molar-refractivity contribution in [2.75, 3.05) is 13.7 Å². The first-order chi connectivity index (χ1) is 13.4. The smallest absolute Gasteiger partial charge is 0.416 e. The number of ether oxygens (including phenoxy) is 1. The molecular weight excluding hydrogens is 375 g/mol. The summed E-state index contributed by atoms with van der Waals surface area (Å²) in [4.78, 5) is 16.3. The molecule has 0 fully saturated rings. The van der Waals surface area contributed by atoms with E-state index in [1.54, 1.807) is 25.3 Å². The summed E-state index contributed by atoms with van der Waals surface area (Å²) in [7, 11) is 1.56. The molecule has 1 amide bonds. The average Bonchev–Trinajstić information content (AvgIpc) is 3.16. The van der Waals surface area contributed by atoms with Crippen molar-refractivity contribution in [3.63, 3.8) is 0 Å². The number of carbonyl (C=O) groups excluding carboxylic acids is 1. The van der Waals surface area contributed by atoms with Gasteiger partial charge in [0.05, 0.1) is 12.7 Å². The van der Waals surface area contributed by atoms with Gasteiger partial charge in [-0.1, -0.05) is 17.3 Å². The Kier molecular flexibility index (Phi) is 5.62. The minimum atomic E-state index is -4.44. The zero-order valence-electron chi connectivity index (χ0n) is 14.8. The molecule has 6 nitrogen and oxygen atoms in total. The lowest BCUT2D eigenvalue weighted by atomic mass is 10.1. The number of rotatable bonds is 6. The minimum Gasteiger partial charge on any atom is -0.497 e. The van der Waals surface area contributed by atoms with Gasteiger partial charge in [0, 0.05) is 24.1 Å². The van der Waals surface area contributed by atoms with Crippen LogP contribution in [0.15, 0.2) is 53.1 Å². The number of nitrogens with one attached hydrogen (secondary N) is 1. The molecule has 0 saturated heterocycles. The number of carbonyl (C=O) groups is 1. The van der Waals surface area contributed by atoms with Crippen LogP contribution in [0.25, 0.3) is 11.4 Å². The highest BCUT2D eigenvalue weighted by atomic mass is 19.4. The van der Waals surface area contributed by atoms with E-state index >= 15 is 0 Å². The Labute approximate surface area is 158 Å². The van der Waals surface area contributed by atoms with Crippen molar-refractivity contribution in [3.05, 3.63) is 65.5 Å². The predicted molar refractivity (Wildman–Crippen MR) is 93.8 cm³/mol. The molecule has 28 heavy (non-hydrogen) atoms. The van der Waals surface area contributed by atoms with Crippen LogP contribution in [0.1, 0.15) is 21.8 Å². The fourth-order valence-corrected chi connectivity index (χ4v) is 2.43. The number of halogens is 3. The maximum Gasteiger partial charge on any atom is 0.416 e. The van der Waals surface area contributed by atoms with Crippen LogP contribution in [0.5, 0.6) is 5.75 Å². The molecule has 0 aliphatic heterocycles. The van der Waals surface area contributed by atoms with Crippen LogP contribution in [-0.2, 0) is 12.6 Å². The standard InChI is InChI=1S/C19H16F3N3O3/c1-27-15-4-2-3-13(11-15)17-24-16(28-25-17)9-10-23-18(26)12-5-7-14(8-6-12)19(20,21)22/h2-8,11H,9-10H2,1H3,(H,23,26). The molecule has 9 heteroatoms. The fourth-order valence-electron chi connectivity index (χ4n) is 2.43. The third-order valence-corrected chi connectivity index (χ3v) is 3.89. The van der Waals surface area contributed by atoms with Gasteiger partial charge in [0.25, 0.3) is 5.91 Å². The molecule has 3 rings (SSSR count). The molecule has 1 N–H and O–H groups in total. The van der Waals surface area contributed by atoms with Crippen LogP contribution in [0.4, 0.5) is 13.2 Å². The van der Waals surface area contributed by atoms with Gasteiger partial charge >= 0.3 is 6.18 Å². The molecule has 0 unspecified atom stereocenters. The second-order valence-electron chi connectivity index (χ2n) is 5.82. The van der Waals surface area contributed by atoms with Gasteiger partial charge in [-0.25, -0.2) is 0 Å².